The Morgan fingerprint density at radius 1 is 0.957 bits per heavy atom. The Morgan fingerprint density at radius 2 is 1.57 bits per heavy atom. The summed E-state index contributed by atoms with van der Waals surface area (Å²) in [6.45, 7) is 6.59. The molecule has 23 heavy (non-hydrogen) atoms. The number of allylic oxidation sites excluding steroid dienone is 1. The molecule has 1 rings (SSSR count). The van der Waals surface area contributed by atoms with Crippen LogP contribution in [-0.2, 0) is 12.8 Å². The van der Waals surface area contributed by atoms with Gasteiger partial charge in [-0.25, -0.2) is 0 Å². The van der Waals surface area contributed by atoms with Gasteiger partial charge < -0.3 is 5.11 Å². The van der Waals surface area contributed by atoms with Crippen LogP contribution in [0.25, 0.3) is 0 Å². The zero-order valence-corrected chi connectivity index (χ0v) is 15.5. The molecule has 130 valence electrons. The highest BCUT2D eigenvalue weighted by Crippen LogP contribution is 2.16. The minimum absolute atomic E-state index is 0.354. The first-order valence-corrected chi connectivity index (χ1v) is 9.59. The normalized spacial score (nSPS) is 13.3. The van der Waals surface area contributed by atoms with Crippen molar-refractivity contribution in [2.45, 2.75) is 91.1 Å². The Balaban J connectivity index is 2.28. The van der Waals surface area contributed by atoms with Gasteiger partial charge in [0.05, 0.1) is 6.10 Å². The van der Waals surface area contributed by atoms with Crippen molar-refractivity contribution in [3.05, 3.63) is 47.0 Å². The first-order valence-electron chi connectivity index (χ1n) is 9.59. The third-order valence-corrected chi connectivity index (χ3v) is 4.58. The lowest BCUT2D eigenvalue weighted by molar-refractivity contribution is 0.222. The van der Waals surface area contributed by atoms with Crippen molar-refractivity contribution in [2.24, 2.45) is 0 Å². The SMILES string of the molecule is CCCCCCCCCC(C)=CC(O)Cc1ccccc1CC. The molecule has 0 saturated carbocycles. The highest BCUT2D eigenvalue weighted by Gasteiger charge is 2.06. The number of aliphatic hydroxyl groups excluding tert-OH is 1. The van der Waals surface area contributed by atoms with Gasteiger partial charge in [0.25, 0.3) is 0 Å². The third kappa shape index (κ3) is 8.95. The number of rotatable bonds is 12. The molecule has 1 N–H and O–H groups in total. The summed E-state index contributed by atoms with van der Waals surface area (Å²) < 4.78 is 0. The summed E-state index contributed by atoms with van der Waals surface area (Å²) in [6.07, 6.45) is 14.0. The van der Waals surface area contributed by atoms with Crippen LogP contribution in [0.3, 0.4) is 0 Å². The first kappa shape index (κ1) is 20.0. The molecular weight excluding hydrogens is 280 g/mol. The van der Waals surface area contributed by atoms with Gasteiger partial charge in [0.2, 0.25) is 0 Å². The number of unbranched alkanes of at least 4 members (excludes halogenated alkanes) is 6. The van der Waals surface area contributed by atoms with Gasteiger partial charge in [-0.3, -0.25) is 0 Å². The number of hydrogen-bond donors (Lipinski definition) is 1. The molecule has 1 nitrogen and oxygen atoms in total. The minimum Gasteiger partial charge on any atom is -0.389 e. The summed E-state index contributed by atoms with van der Waals surface area (Å²) in [7, 11) is 0. The van der Waals surface area contributed by atoms with E-state index in [1.54, 1.807) is 0 Å². The summed E-state index contributed by atoms with van der Waals surface area (Å²) in [5.74, 6) is 0. The lowest BCUT2D eigenvalue weighted by Crippen LogP contribution is -2.09. The van der Waals surface area contributed by atoms with Crippen LogP contribution in [0.2, 0.25) is 0 Å². The van der Waals surface area contributed by atoms with Crippen LogP contribution in [0, 0.1) is 0 Å². The van der Waals surface area contributed by atoms with Gasteiger partial charge in [-0.15, -0.1) is 0 Å². The molecule has 0 radical (unpaired) electrons. The van der Waals surface area contributed by atoms with E-state index in [4.69, 9.17) is 0 Å². The van der Waals surface area contributed by atoms with Crippen LogP contribution in [-0.4, -0.2) is 11.2 Å². The molecule has 0 aromatic heterocycles. The van der Waals surface area contributed by atoms with Crippen LogP contribution in [0.1, 0.15) is 83.3 Å². The van der Waals surface area contributed by atoms with E-state index >= 15 is 0 Å². The molecule has 1 atom stereocenters. The van der Waals surface area contributed by atoms with Gasteiger partial charge >= 0.3 is 0 Å². The molecule has 0 fully saturated rings. The van der Waals surface area contributed by atoms with Crippen molar-refractivity contribution >= 4 is 0 Å². The second-order valence-electron chi connectivity index (χ2n) is 6.78. The van der Waals surface area contributed by atoms with Crippen molar-refractivity contribution in [3.8, 4) is 0 Å². The summed E-state index contributed by atoms with van der Waals surface area (Å²) in [5.41, 5.74) is 3.96. The molecular formula is C22H36O. The Labute approximate surface area is 143 Å². The van der Waals surface area contributed by atoms with E-state index in [0.29, 0.717) is 0 Å². The molecule has 0 spiro atoms. The molecule has 0 heterocycles. The molecule has 1 unspecified atom stereocenters. The fraction of sp³-hybridized carbons (Fsp3) is 0.636. The lowest BCUT2D eigenvalue weighted by Gasteiger charge is -2.11. The van der Waals surface area contributed by atoms with E-state index in [9.17, 15) is 5.11 Å². The maximum atomic E-state index is 10.3. The number of hydrogen-bond acceptors (Lipinski definition) is 1. The van der Waals surface area contributed by atoms with Crippen molar-refractivity contribution < 1.29 is 5.11 Å². The van der Waals surface area contributed by atoms with Crippen LogP contribution in [0.5, 0.6) is 0 Å². The molecule has 1 aromatic rings. The predicted octanol–water partition coefficient (Wildman–Crippen LogP) is 6.24. The summed E-state index contributed by atoms with van der Waals surface area (Å²) >= 11 is 0. The maximum absolute atomic E-state index is 10.3. The quantitative estimate of drug-likeness (QED) is 0.357. The van der Waals surface area contributed by atoms with Crippen LogP contribution in [0.15, 0.2) is 35.9 Å². The second-order valence-corrected chi connectivity index (χ2v) is 6.78. The van der Waals surface area contributed by atoms with Gasteiger partial charge in [-0.1, -0.05) is 88.3 Å². The zero-order chi connectivity index (χ0) is 16.9. The van der Waals surface area contributed by atoms with Gasteiger partial charge in [0, 0.05) is 6.42 Å². The molecule has 0 bridgehead atoms. The maximum Gasteiger partial charge on any atom is 0.0763 e. The third-order valence-electron chi connectivity index (χ3n) is 4.58. The van der Waals surface area contributed by atoms with E-state index in [-0.39, 0.29) is 6.10 Å². The molecule has 1 heteroatoms. The Morgan fingerprint density at radius 3 is 2.22 bits per heavy atom. The van der Waals surface area contributed by atoms with E-state index < -0.39 is 0 Å². The molecule has 0 saturated heterocycles. The van der Waals surface area contributed by atoms with Gasteiger partial charge in [0.15, 0.2) is 0 Å². The summed E-state index contributed by atoms with van der Waals surface area (Å²) in [5, 5.41) is 10.3. The number of aryl methyl sites for hydroxylation is 1. The standard InChI is InChI=1S/C22H36O/c1-4-6-7-8-9-10-11-14-19(3)17-22(23)18-21-16-13-12-15-20(21)5-2/h12-13,15-17,22-23H,4-11,14,18H2,1-3H3. The highest BCUT2D eigenvalue weighted by molar-refractivity contribution is 5.28. The number of aliphatic hydroxyl groups is 1. The van der Waals surface area contributed by atoms with Crippen molar-refractivity contribution in [1.82, 2.24) is 0 Å². The molecule has 0 amide bonds. The molecule has 0 aliphatic rings. The molecule has 1 aromatic carbocycles. The average Bonchev–Trinajstić information content (AvgIpc) is 2.54. The molecule has 0 aliphatic carbocycles. The van der Waals surface area contributed by atoms with Crippen molar-refractivity contribution in [1.29, 1.82) is 0 Å². The van der Waals surface area contributed by atoms with Crippen molar-refractivity contribution in [3.63, 3.8) is 0 Å². The fourth-order valence-electron chi connectivity index (χ4n) is 3.16. The van der Waals surface area contributed by atoms with Crippen LogP contribution < -0.4 is 0 Å². The summed E-state index contributed by atoms with van der Waals surface area (Å²) in [4.78, 5) is 0. The lowest BCUT2D eigenvalue weighted by atomic mass is 9.98. The Kier molecular flexibility index (Phi) is 10.7. The zero-order valence-electron chi connectivity index (χ0n) is 15.5. The Hall–Kier alpha value is -1.08. The van der Waals surface area contributed by atoms with E-state index in [1.807, 2.05) is 0 Å². The van der Waals surface area contributed by atoms with Gasteiger partial charge in [0.1, 0.15) is 0 Å². The predicted molar refractivity (Wildman–Crippen MR) is 102 cm³/mol. The number of benzene rings is 1. The van der Waals surface area contributed by atoms with Crippen molar-refractivity contribution in [2.75, 3.05) is 0 Å². The van der Waals surface area contributed by atoms with E-state index in [0.717, 1.165) is 19.3 Å². The topological polar surface area (TPSA) is 20.2 Å². The largest absolute Gasteiger partial charge is 0.389 e. The van der Waals surface area contributed by atoms with Gasteiger partial charge in [-0.05, 0) is 37.3 Å². The average molecular weight is 317 g/mol. The van der Waals surface area contributed by atoms with E-state index in [2.05, 4.69) is 51.1 Å². The van der Waals surface area contributed by atoms with Crippen LogP contribution >= 0.6 is 0 Å². The minimum atomic E-state index is -0.354. The Bertz CT molecular complexity index is 447. The monoisotopic (exact) mass is 316 g/mol. The summed E-state index contributed by atoms with van der Waals surface area (Å²) in [6, 6.07) is 8.45. The fourth-order valence-corrected chi connectivity index (χ4v) is 3.16. The first-order chi connectivity index (χ1) is 11.2. The smallest absolute Gasteiger partial charge is 0.0763 e. The van der Waals surface area contributed by atoms with E-state index in [1.165, 1.54) is 61.6 Å². The highest BCUT2D eigenvalue weighted by atomic mass is 16.3. The van der Waals surface area contributed by atoms with Crippen LogP contribution in [0.4, 0.5) is 0 Å². The molecule has 0 aliphatic heterocycles. The van der Waals surface area contributed by atoms with Gasteiger partial charge in [-0.2, -0.15) is 0 Å². The second kappa shape index (κ2) is 12.4.